The van der Waals surface area contributed by atoms with Gasteiger partial charge in [0.1, 0.15) is 5.75 Å². The summed E-state index contributed by atoms with van der Waals surface area (Å²) in [6, 6.07) is 14.9. The summed E-state index contributed by atoms with van der Waals surface area (Å²) in [6.45, 7) is 5.09. The van der Waals surface area contributed by atoms with E-state index < -0.39 is 0 Å². The summed E-state index contributed by atoms with van der Waals surface area (Å²) in [4.78, 5) is 34.2. The fraction of sp³-hybridized carbons (Fsp3) is 0.346. The lowest BCUT2D eigenvalue weighted by Gasteiger charge is -2.26. The van der Waals surface area contributed by atoms with Crippen LogP contribution in [-0.2, 0) is 9.53 Å². The maximum atomic E-state index is 12.8. The Bertz CT molecular complexity index is 1110. The number of morpholine rings is 1. The first kappa shape index (κ1) is 24.0. The number of amides is 2. The highest BCUT2D eigenvalue weighted by atomic mass is 32.2. The third kappa shape index (κ3) is 5.87. The Labute approximate surface area is 204 Å². The number of rotatable bonds is 7. The molecule has 2 amide bonds. The molecule has 8 heteroatoms. The molecule has 2 saturated heterocycles. The second-order valence-electron chi connectivity index (χ2n) is 8.10. The van der Waals surface area contributed by atoms with Crippen molar-refractivity contribution in [2.24, 2.45) is 4.99 Å². The average molecular weight is 480 g/mol. The van der Waals surface area contributed by atoms with Gasteiger partial charge in [-0.05, 0) is 60.2 Å². The zero-order valence-electron chi connectivity index (χ0n) is 19.5. The lowest BCUT2D eigenvalue weighted by atomic mass is 10.1. The number of unbranched alkanes of at least 4 members (excludes halogenated alkanes) is 1. The standard InChI is InChI=1S/C26H29N3O4S/c1-3-4-13-33-22-10-5-7-19(16-22)17-23-25(31)28(2)26(34-23)27-21-9-6-8-20(18-21)24(30)29-11-14-32-15-12-29/h5-10,16-18H,3-4,11-15H2,1-2H3/b23-17+,27-26?. The molecule has 4 rings (SSSR count). The molecule has 0 atom stereocenters. The van der Waals surface area contributed by atoms with Crippen molar-refractivity contribution in [3.63, 3.8) is 0 Å². The Hall–Kier alpha value is -3.10. The van der Waals surface area contributed by atoms with E-state index in [2.05, 4.69) is 11.9 Å². The molecule has 2 aliphatic rings. The van der Waals surface area contributed by atoms with Crippen LogP contribution in [0, 0.1) is 0 Å². The monoisotopic (exact) mass is 479 g/mol. The lowest BCUT2D eigenvalue weighted by Crippen LogP contribution is -2.40. The Balaban J connectivity index is 1.50. The quantitative estimate of drug-likeness (QED) is 0.430. The number of aliphatic imine (C=N–C) groups is 1. The summed E-state index contributed by atoms with van der Waals surface area (Å²) in [5, 5.41) is 0.572. The third-order valence-electron chi connectivity index (χ3n) is 5.54. The molecule has 2 fully saturated rings. The highest BCUT2D eigenvalue weighted by Gasteiger charge is 2.30. The zero-order valence-corrected chi connectivity index (χ0v) is 20.3. The molecule has 0 saturated carbocycles. The number of benzene rings is 2. The largest absolute Gasteiger partial charge is 0.494 e. The number of nitrogens with zero attached hydrogens (tertiary/aromatic N) is 3. The second-order valence-corrected chi connectivity index (χ2v) is 9.11. The van der Waals surface area contributed by atoms with Crippen LogP contribution in [0.25, 0.3) is 6.08 Å². The first-order valence-corrected chi connectivity index (χ1v) is 12.3. The van der Waals surface area contributed by atoms with Crippen LogP contribution in [0.1, 0.15) is 35.7 Å². The second kappa shape index (κ2) is 11.4. The topological polar surface area (TPSA) is 71.4 Å². The van der Waals surface area contributed by atoms with Crippen molar-refractivity contribution >= 4 is 40.5 Å². The number of thioether (sulfide) groups is 1. The van der Waals surface area contributed by atoms with E-state index >= 15 is 0 Å². The number of amidine groups is 1. The summed E-state index contributed by atoms with van der Waals surface area (Å²) in [5.74, 6) is 0.652. The van der Waals surface area contributed by atoms with Crippen molar-refractivity contribution in [3.8, 4) is 5.75 Å². The molecule has 2 aliphatic heterocycles. The number of carbonyl (C=O) groups excluding carboxylic acids is 2. The zero-order chi connectivity index (χ0) is 23.9. The molecular weight excluding hydrogens is 450 g/mol. The van der Waals surface area contributed by atoms with Gasteiger partial charge in [-0.15, -0.1) is 0 Å². The van der Waals surface area contributed by atoms with Crippen molar-refractivity contribution in [3.05, 3.63) is 64.6 Å². The van der Waals surface area contributed by atoms with E-state index in [0.29, 0.717) is 54.2 Å². The van der Waals surface area contributed by atoms with E-state index in [9.17, 15) is 9.59 Å². The first-order chi connectivity index (χ1) is 16.5. The van der Waals surface area contributed by atoms with Crippen LogP contribution in [0.4, 0.5) is 5.69 Å². The first-order valence-electron chi connectivity index (χ1n) is 11.5. The summed E-state index contributed by atoms with van der Waals surface area (Å²) < 4.78 is 11.1. The lowest BCUT2D eigenvalue weighted by molar-refractivity contribution is -0.121. The van der Waals surface area contributed by atoms with E-state index in [1.54, 1.807) is 24.1 Å². The number of likely N-dealkylation sites (N-methyl/N-ethyl adjacent to an activating group) is 1. The molecule has 2 heterocycles. The summed E-state index contributed by atoms with van der Waals surface area (Å²) in [6.07, 6.45) is 3.94. The minimum atomic E-state index is -0.110. The molecule has 0 unspecified atom stereocenters. The molecule has 0 N–H and O–H groups in total. The van der Waals surface area contributed by atoms with Crippen LogP contribution < -0.4 is 4.74 Å². The van der Waals surface area contributed by atoms with Crippen molar-refractivity contribution in [1.29, 1.82) is 0 Å². The molecular formula is C26H29N3O4S. The predicted molar refractivity (Wildman–Crippen MR) is 135 cm³/mol. The molecule has 178 valence electrons. The number of hydrogen-bond acceptors (Lipinski definition) is 6. The van der Waals surface area contributed by atoms with E-state index in [4.69, 9.17) is 9.47 Å². The van der Waals surface area contributed by atoms with Gasteiger partial charge in [-0.3, -0.25) is 14.5 Å². The Morgan fingerprint density at radius 1 is 1.18 bits per heavy atom. The molecule has 2 aromatic rings. The van der Waals surface area contributed by atoms with Gasteiger partial charge in [0, 0.05) is 25.7 Å². The predicted octanol–water partition coefficient (Wildman–Crippen LogP) is 4.57. The van der Waals surface area contributed by atoms with Gasteiger partial charge in [0.15, 0.2) is 5.17 Å². The number of carbonyl (C=O) groups is 2. The fourth-order valence-corrected chi connectivity index (χ4v) is 4.59. The van der Waals surface area contributed by atoms with E-state index in [-0.39, 0.29) is 11.8 Å². The number of hydrogen-bond donors (Lipinski definition) is 0. The molecule has 0 aromatic heterocycles. The average Bonchev–Trinajstić information content (AvgIpc) is 3.12. The van der Waals surface area contributed by atoms with E-state index in [0.717, 1.165) is 24.2 Å². The van der Waals surface area contributed by atoms with Gasteiger partial charge in [-0.1, -0.05) is 31.5 Å². The van der Waals surface area contributed by atoms with Gasteiger partial charge in [0.05, 0.1) is 30.4 Å². The fourth-order valence-electron chi connectivity index (χ4n) is 3.60. The Kier molecular flexibility index (Phi) is 8.03. The van der Waals surface area contributed by atoms with Crippen molar-refractivity contribution in [2.75, 3.05) is 40.0 Å². The van der Waals surface area contributed by atoms with Crippen LogP contribution in [0.2, 0.25) is 0 Å². The van der Waals surface area contributed by atoms with Gasteiger partial charge in [0.2, 0.25) is 0 Å². The van der Waals surface area contributed by atoms with Crippen LogP contribution in [-0.4, -0.2) is 66.7 Å². The summed E-state index contributed by atoms with van der Waals surface area (Å²) >= 11 is 1.32. The molecule has 0 radical (unpaired) electrons. The molecule has 7 nitrogen and oxygen atoms in total. The number of ether oxygens (including phenoxy) is 2. The minimum Gasteiger partial charge on any atom is -0.494 e. The molecule has 2 aromatic carbocycles. The van der Waals surface area contributed by atoms with Gasteiger partial charge in [-0.2, -0.15) is 0 Å². The molecule has 0 aliphatic carbocycles. The smallest absolute Gasteiger partial charge is 0.266 e. The van der Waals surface area contributed by atoms with Crippen LogP contribution >= 0.6 is 11.8 Å². The van der Waals surface area contributed by atoms with Crippen molar-refractivity contribution in [1.82, 2.24) is 9.80 Å². The van der Waals surface area contributed by atoms with Gasteiger partial charge in [0.25, 0.3) is 11.8 Å². The van der Waals surface area contributed by atoms with E-state index in [1.165, 1.54) is 16.7 Å². The Morgan fingerprint density at radius 2 is 1.97 bits per heavy atom. The summed E-state index contributed by atoms with van der Waals surface area (Å²) in [7, 11) is 1.71. The van der Waals surface area contributed by atoms with Gasteiger partial charge < -0.3 is 14.4 Å². The maximum absolute atomic E-state index is 12.8. The molecule has 34 heavy (non-hydrogen) atoms. The Morgan fingerprint density at radius 3 is 2.76 bits per heavy atom. The third-order valence-corrected chi connectivity index (χ3v) is 6.60. The summed E-state index contributed by atoms with van der Waals surface area (Å²) in [5.41, 5.74) is 2.11. The minimum absolute atomic E-state index is 0.0320. The highest BCUT2D eigenvalue weighted by molar-refractivity contribution is 8.18. The van der Waals surface area contributed by atoms with Crippen LogP contribution in [0.15, 0.2) is 58.4 Å². The molecule has 0 spiro atoms. The van der Waals surface area contributed by atoms with Crippen molar-refractivity contribution < 1.29 is 19.1 Å². The normalized spacial score (nSPS) is 18.7. The maximum Gasteiger partial charge on any atom is 0.266 e. The SMILES string of the molecule is CCCCOc1cccc(/C=C2/SC(=Nc3cccc(C(=O)N4CCOCC4)c3)N(C)C2=O)c1. The van der Waals surface area contributed by atoms with Crippen LogP contribution in [0.5, 0.6) is 5.75 Å². The van der Waals surface area contributed by atoms with Gasteiger partial charge >= 0.3 is 0 Å². The van der Waals surface area contributed by atoms with Crippen LogP contribution in [0.3, 0.4) is 0 Å². The van der Waals surface area contributed by atoms with Gasteiger partial charge in [-0.25, -0.2) is 4.99 Å². The van der Waals surface area contributed by atoms with E-state index in [1.807, 2.05) is 42.5 Å². The highest BCUT2D eigenvalue weighted by Crippen LogP contribution is 2.33. The van der Waals surface area contributed by atoms with Crippen molar-refractivity contribution in [2.45, 2.75) is 19.8 Å². The molecule has 0 bridgehead atoms.